The lowest BCUT2D eigenvalue weighted by molar-refractivity contribution is 0.253. The molecule has 1 fully saturated rings. The van der Waals surface area contributed by atoms with E-state index in [-0.39, 0.29) is 0 Å². The van der Waals surface area contributed by atoms with Gasteiger partial charge in [-0.1, -0.05) is 11.6 Å². The SMILES string of the molecule is CC1=CCCN(CC2CCSC2)C1. The van der Waals surface area contributed by atoms with Crippen molar-refractivity contribution in [2.75, 3.05) is 31.1 Å². The van der Waals surface area contributed by atoms with E-state index in [0.717, 1.165) is 5.92 Å². The molecule has 0 N–H and O–H groups in total. The van der Waals surface area contributed by atoms with Gasteiger partial charge in [0.1, 0.15) is 0 Å². The minimum Gasteiger partial charge on any atom is -0.299 e. The van der Waals surface area contributed by atoms with Crippen LogP contribution in [-0.2, 0) is 0 Å². The number of hydrogen-bond donors (Lipinski definition) is 0. The van der Waals surface area contributed by atoms with E-state index >= 15 is 0 Å². The molecular weight excluding hydrogens is 178 g/mol. The molecule has 0 aromatic rings. The molecule has 2 heterocycles. The number of thioether (sulfide) groups is 1. The molecule has 0 amide bonds. The maximum Gasteiger partial charge on any atom is 0.0190 e. The topological polar surface area (TPSA) is 3.24 Å². The van der Waals surface area contributed by atoms with Gasteiger partial charge in [-0.25, -0.2) is 0 Å². The Morgan fingerprint density at radius 2 is 2.54 bits per heavy atom. The smallest absolute Gasteiger partial charge is 0.0190 e. The van der Waals surface area contributed by atoms with Gasteiger partial charge in [0.15, 0.2) is 0 Å². The molecule has 13 heavy (non-hydrogen) atoms. The Balaban J connectivity index is 1.78. The van der Waals surface area contributed by atoms with Crippen LogP contribution in [0.25, 0.3) is 0 Å². The van der Waals surface area contributed by atoms with Gasteiger partial charge in [0, 0.05) is 19.6 Å². The molecule has 0 aliphatic carbocycles. The average Bonchev–Trinajstić information content (AvgIpc) is 2.57. The van der Waals surface area contributed by atoms with Gasteiger partial charge in [-0.2, -0.15) is 11.8 Å². The molecule has 1 unspecified atom stereocenters. The summed E-state index contributed by atoms with van der Waals surface area (Å²) in [4.78, 5) is 2.63. The van der Waals surface area contributed by atoms with Crippen molar-refractivity contribution in [3.05, 3.63) is 11.6 Å². The van der Waals surface area contributed by atoms with Gasteiger partial charge in [-0.3, -0.25) is 4.90 Å². The van der Waals surface area contributed by atoms with Crippen molar-refractivity contribution in [2.24, 2.45) is 5.92 Å². The molecule has 0 saturated carbocycles. The van der Waals surface area contributed by atoms with Crippen LogP contribution in [0.15, 0.2) is 11.6 Å². The van der Waals surface area contributed by atoms with Crippen LogP contribution >= 0.6 is 11.8 Å². The van der Waals surface area contributed by atoms with Gasteiger partial charge < -0.3 is 0 Å². The Hall–Kier alpha value is 0.0500. The summed E-state index contributed by atoms with van der Waals surface area (Å²) >= 11 is 2.13. The zero-order chi connectivity index (χ0) is 9.10. The first-order valence-corrected chi connectivity index (χ1v) is 6.46. The van der Waals surface area contributed by atoms with Crippen molar-refractivity contribution in [3.63, 3.8) is 0 Å². The predicted octanol–water partition coefficient (Wildman–Crippen LogP) is 2.39. The van der Waals surface area contributed by atoms with Gasteiger partial charge in [-0.15, -0.1) is 0 Å². The summed E-state index contributed by atoms with van der Waals surface area (Å²) in [6, 6.07) is 0. The Labute approximate surface area is 85.6 Å². The van der Waals surface area contributed by atoms with Crippen molar-refractivity contribution in [1.82, 2.24) is 4.90 Å². The van der Waals surface area contributed by atoms with Crippen LogP contribution in [-0.4, -0.2) is 36.0 Å². The van der Waals surface area contributed by atoms with Crippen molar-refractivity contribution in [3.8, 4) is 0 Å². The monoisotopic (exact) mass is 197 g/mol. The zero-order valence-corrected chi connectivity index (χ0v) is 9.28. The summed E-state index contributed by atoms with van der Waals surface area (Å²) in [6.07, 6.45) is 5.11. The van der Waals surface area contributed by atoms with Crippen molar-refractivity contribution in [1.29, 1.82) is 0 Å². The molecular formula is C11H19NS. The molecule has 1 saturated heterocycles. The second-order valence-electron chi connectivity index (χ2n) is 4.30. The third-order valence-corrected chi connectivity index (χ3v) is 4.18. The lowest BCUT2D eigenvalue weighted by Gasteiger charge is -2.28. The summed E-state index contributed by atoms with van der Waals surface area (Å²) in [6.45, 7) is 6.12. The number of nitrogens with zero attached hydrogens (tertiary/aromatic N) is 1. The van der Waals surface area contributed by atoms with Crippen LogP contribution in [0.5, 0.6) is 0 Å². The molecule has 2 aliphatic rings. The predicted molar refractivity (Wildman–Crippen MR) is 60.2 cm³/mol. The molecule has 0 bridgehead atoms. The third kappa shape index (κ3) is 2.75. The van der Waals surface area contributed by atoms with Crippen LogP contribution < -0.4 is 0 Å². The largest absolute Gasteiger partial charge is 0.299 e. The van der Waals surface area contributed by atoms with E-state index in [1.807, 2.05) is 0 Å². The average molecular weight is 197 g/mol. The van der Waals surface area contributed by atoms with Crippen molar-refractivity contribution in [2.45, 2.75) is 19.8 Å². The summed E-state index contributed by atoms with van der Waals surface area (Å²) in [5, 5.41) is 0. The number of rotatable bonds is 2. The quantitative estimate of drug-likeness (QED) is 0.625. The highest BCUT2D eigenvalue weighted by molar-refractivity contribution is 7.99. The molecule has 0 spiro atoms. The number of hydrogen-bond acceptors (Lipinski definition) is 2. The second-order valence-corrected chi connectivity index (χ2v) is 5.45. The Kier molecular flexibility index (Phi) is 3.33. The molecule has 2 rings (SSSR count). The molecule has 74 valence electrons. The lowest BCUT2D eigenvalue weighted by Crippen LogP contribution is -2.33. The minimum absolute atomic E-state index is 0.982. The highest BCUT2D eigenvalue weighted by Gasteiger charge is 2.19. The molecule has 0 aromatic carbocycles. The normalized spacial score (nSPS) is 30.5. The highest BCUT2D eigenvalue weighted by atomic mass is 32.2. The highest BCUT2D eigenvalue weighted by Crippen LogP contribution is 2.25. The van der Waals surface area contributed by atoms with Crippen molar-refractivity contribution < 1.29 is 0 Å². The first-order chi connectivity index (χ1) is 6.34. The van der Waals surface area contributed by atoms with Gasteiger partial charge in [-0.05, 0) is 37.2 Å². The van der Waals surface area contributed by atoms with Crippen LogP contribution in [0.4, 0.5) is 0 Å². The maximum absolute atomic E-state index is 2.63. The minimum atomic E-state index is 0.982. The van der Waals surface area contributed by atoms with E-state index in [2.05, 4.69) is 29.7 Å². The summed E-state index contributed by atoms with van der Waals surface area (Å²) in [5.41, 5.74) is 1.57. The van der Waals surface area contributed by atoms with Crippen LogP contribution in [0.3, 0.4) is 0 Å². The Morgan fingerprint density at radius 3 is 3.23 bits per heavy atom. The fraction of sp³-hybridized carbons (Fsp3) is 0.818. The first-order valence-electron chi connectivity index (χ1n) is 5.30. The maximum atomic E-state index is 2.63. The van der Waals surface area contributed by atoms with Crippen LogP contribution in [0, 0.1) is 5.92 Å². The second kappa shape index (κ2) is 4.52. The van der Waals surface area contributed by atoms with Crippen LogP contribution in [0.2, 0.25) is 0 Å². The summed E-state index contributed by atoms with van der Waals surface area (Å²) in [7, 11) is 0. The van der Waals surface area contributed by atoms with Crippen molar-refractivity contribution >= 4 is 11.8 Å². The van der Waals surface area contributed by atoms with E-state index in [0.29, 0.717) is 0 Å². The summed E-state index contributed by atoms with van der Waals surface area (Å²) < 4.78 is 0. The van der Waals surface area contributed by atoms with E-state index in [9.17, 15) is 0 Å². The van der Waals surface area contributed by atoms with E-state index in [1.165, 1.54) is 44.0 Å². The standard InChI is InChI=1S/C11H19NS/c1-10-3-2-5-12(7-10)8-11-4-6-13-9-11/h3,11H,2,4-9H2,1H3. The fourth-order valence-electron chi connectivity index (χ4n) is 2.24. The Bertz CT molecular complexity index is 194. The molecule has 0 radical (unpaired) electrons. The molecule has 2 heteroatoms. The molecule has 1 nitrogen and oxygen atoms in total. The van der Waals surface area contributed by atoms with E-state index in [1.54, 1.807) is 5.57 Å². The van der Waals surface area contributed by atoms with Gasteiger partial charge in [0.2, 0.25) is 0 Å². The molecule has 1 atom stereocenters. The fourth-order valence-corrected chi connectivity index (χ4v) is 3.51. The van der Waals surface area contributed by atoms with E-state index in [4.69, 9.17) is 0 Å². The van der Waals surface area contributed by atoms with Gasteiger partial charge >= 0.3 is 0 Å². The lowest BCUT2D eigenvalue weighted by atomic mass is 10.1. The van der Waals surface area contributed by atoms with Gasteiger partial charge in [0.25, 0.3) is 0 Å². The first kappa shape index (κ1) is 9.60. The molecule has 0 aromatic heterocycles. The third-order valence-electron chi connectivity index (χ3n) is 2.95. The zero-order valence-electron chi connectivity index (χ0n) is 8.46. The Morgan fingerprint density at radius 1 is 1.62 bits per heavy atom. The summed E-state index contributed by atoms with van der Waals surface area (Å²) in [5.74, 6) is 3.78. The van der Waals surface area contributed by atoms with Crippen LogP contribution in [0.1, 0.15) is 19.8 Å². The van der Waals surface area contributed by atoms with Gasteiger partial charge in [0.05, 0.1) is 0 Å². The molecule has 2 aliphatic heterocycles. The van der Waals surface area contributed by atoms with E-state index < -0.39 is 0 Å².